The zero-order valence-electron chi connectivity index (χ0n) is 13.5. The van der Waals surface area contributed by atoms with Gasteiger partial charge in [-0.3, -0.25) is 4.90 Å². The van der Waals surface area contributed by atoms with Crippen molar-refractivity contribution in [3.8, 4) is 11.5 Å². The summed E-state index contributed by atoms with van der Waals surface area (Å²) in [5, 5.41) is 0. The van der Waals surface area contributed by atoms with Crippen LogP contribution in [0.5, 0.6) is 11.5 Å². The van der Waals surface area contributed by atoms with E-state index >= 15 is 0 Å². The first-order valence-corrected chi connectivity index (χ1v) is 7.45. The van der Waals surface area contributed by atoms with Gasteiger partial charge in [0, 0.05) is 23.2 Å². The van der Waals surface area contributed by atoms with Gasteiger partial charge in [-0.2, -0.15) is 0 Å². The molecule has 0 saturated carbocycles. The van der Waals surface area contributed by atoms with Gasteiger partial charge in [0.05, 0.1) is 14.2 Å². The van der Waals surface area contributed by atoms with Crippen LogP contribution in [-0.4, -0.2) is 31.2 Å². The Bertz CT molecular complexity index is 468. The molecule has 0 spiro atoms. The fourth-order valence-corrected chi connectivity index (χ4v) is 3.18. The Morgan fingerprint density at radius 3 is 2.50 bits per heavy atom. The molecule has 0 bridgehead atoms. The topological polar surface area (TPSA) is 21.7 Å². The quantitative estimate of drug-likeness (QED) is 0.836. The highest BCUT2D eigenvalue weighted by Gasteiger charge is 2.30. The molecule has 1 aliphatic rings. The zero-order chi connectivity index (χ0) is 14.8. The Morgan fingerprint density at radius 1 is 1.15 bits per heavy atom. The summed E-state index contributed by atoms with van der Waals surface area (Å²) in [6.07, 6.45) is 3.90. The molecule has 20 heavy (non-hydrogen) atoms. The van der Waals surface area contributed by atoms with Crippen LogP contribution >= 0.6 is 0 Å². The first kappa shape index (κ1) is 15.2. The lowest BCUT2D eigenvalue weighted by atomic mass is 9.90. The van der Waals surface area contributed by atoms with Gasteiger partial charge in [-0.1, -0.05) is 12.5 Å². The van der Waals surface area contributed by atoms with Crippen LogP contribution in [0.15, 0.2) is 12.1 Å². The van der Waals surface area contributed by atoms with E-state index in [9.17, 15) is 0 Å². The van der Waals surface area contributed by atoms with E-state index in [0.29, 0.717) is 0 Å². The summed E-state index contributed by atoms with van der Waals surface area (Å²) < 4.78 is 11.0. The van der Waals surface area contributed by atoms with Gasteiger partial charge in [0.15, 0.2) is 0 Å². The lowest BCUT2D eigenvalue weighted by molar-refractivity contribution is 0.0684. The molecule has 1 aromatic rings. The molecule has 1 heterocycles. The van der Waals surface area contributed by atoms with Gasteiger partial charge in [-0.05, 0) is 46.2 Å². The number of nitrogens with zero attached hydrogens (tertiary/aromatic N) is 1. The molecule has 0 unspecified atom stereocenters. The van der Waals surface area contributed by atoms with Crippen LogP contribution in [0.2, 0.25) is 0 Å². The molecular formula is C17H27NO2. The molecule has 1 aromatic carbocycles. The van der Waals surface area contributed by atoms with Crippen LogP contribution in [0.1, 0.15) is 44.2 Å². The maximum Gasteiger partial charge on any atom is 0.129 e. The van der Waals surface area contributed by atoms with Crippen molar-refractivity contribution in [1.29, 1.82) is 0 Å². The fourth-order valence-electron chi connectivity index (χ4n) is 3.18. The molecule has 0 aromatic heterocycles. The molecule has 0 amide bonds. The molecule has 2 rings (SSSR count). The average molecular weight is 277 g/mol. The van der Waals surface area contributed by atoms with Crippen molar-refractivity contribution >= 4 is 0 Å². The first-order chi connectivity index (χ1) is 9.49. The molecule has 1 aliphatic heterocycles. The van der Waals surface area contributed by atoms with Crippen molar-refractivity contribution in [2.45, 2.75) is 52.1 Å². The third-order valence-electron chi connectivity index (χ3n) is 4.55. The van der Waals surface area contributed by atoms with E-state index in [4.69, 9.17) is 9.47 Å². The Morgan fingerprint density at radius 2 is 1.90 bits per heavy atom. The molecular weight excluding hydrogens is 250 g/mol. The van der Waals surface area contributed by atoms with Gasteiger partial charge in [-0.15, -0.1) is 0 Å². The Labute approximate surface area is 122 Å². The lowest BCUT2D eigenvalue weighted by Crippen LogP contribution is -2.46. The van der Waals surface area contributed by atoms with E-state index in [1.807, 2.05) is 6.07 Å². The number of benzene rings is 1. The smallest absolute Gasteiger partial charge is 0.129 e. The summed E-state index contributed by atoms with van der Waals surface area (Å²) in [5.74, 6) is 1.86. The highest BCUT2D eigenvalue weighted by atomic mass is 16.5. The van der Waals surface area contributed by atoms with Gasteiger partial charge in [0.25, 0.3) is 0 Å². The summed E-state index contributed by atoms with van der Waals surface area (Å²) in [4.78, 5) is 2.57. The Balaban J connectivity index is 2.27. The van der Waals surface area contributed by atoms with Gasteiger partial charge in [0.2, 0.25) is 0 Å². The monoisotopic (exact) mass is 277 g/mol. The van der Waals surface area contributed by atoms with Crippen molar-refractivity contribution in [1.82, 2.24) is 4.90 Å². The molecule has 1 fully saturated rings. The number of piperidine rings is 1. The maximum atomic E-state index is 5.62. The largest absolute Gasteiger partial charge is 0.496 e. The first-order valence-electron chi connectivity index (χ1n) is 7.45. The number of hydrogen-bond donors (Lipinski definition) is 0. The molecule has 0 radical (unpaired) electrons. The van der Waals surface area contributed by atoms with E-state index in [1.54, 1.807) is 14.2 Å². The van der Waals surface area contributed by atoms with Crippen LogP contribution in [0.25, 0.3) is 0 Å². The van der Waals surface area contributed by atoms with Crippen molar-refractivity contribution in [3.63, 3.8) is 0 Å². The predicted octanol–water partition coefficient (Wildman–Crippen LogP) is 3.78. The van der Waals surface area contributed by atoms with Crippen LogP contribution in [0.3, 0.4) is 0 Å². The SMILES string of the molecule is COc1ccc(CN2CCCCC2(C)C)c(OC)c1C. The summed E-state index contributed by atoms with van der Waals surface area (Å²) in [6.45, 7) is 8.86. The second-order valence-electron chi connectivity index (χ2n) is 6.28. The summed E-state index contributed by atoms with van der Waals surface area (Å²) in [5.41, 5.74) is 2.61. The third-order valence-corrected chi connectivity index (χ3v) is 4.55. The summed E-state index contributed by atoms with van der Waals surface area (Å²) in [7, 11) is 3.45. The second-order valence-corrected chi connectivity index (χ2v) is 6.28. The zero-order valence-corrected chi connectivity index (χ0v) is 13.5. The number of ether oxygens (including phenoxy) is 2. The van der Waals surface area contributed by atoms with Crippen LogP contribution in [0, 0.1) is 6.92 Å². The molecule has 112 valence electrons. The van der Waals surface area contributed by atoms with Gasteiger partial charge in [-0.25, -0.2) is 0 Å². The van der Waals surface area contributed by atoms with Crippen LogP contribution < -0.4 is 9.47 Å². The number of hydrogen-bond acceptors (Lipinski definition) is 3. The fraction of sp³-hybridized carbons (Fsp3) is 0.647. The van der Waals surface area contributed by atoms with E-state index in [-0.39, 0.29) is 5.54 Å². The van der Waals surface area contributed by atoms with Crippen molar-refractivity contribution in [3.05, 3.63) is 23.3 Å². The molecule has 1 saturated heterocycles. The number of methoxy groups -OCH3 is 2. The number of rotatable bonds is 4. The van der Waals surface area contributed by atoms with Crippen molar-refractivity contribution in [2.24, 2.45) is 0 Å². The third kappa shape index (κ3) is 2.93. The van der Waals surface area contributed by atoms with Gasteiger partial charge < -0.3 is 9.47 Å². The van der Waals surface area contributed by atoms with Crippen LogP contribution in [-0.2, 0) is 6.54 Å². The highest BCUT2D eigenvalue weighted by molar-refractivity contribution is 5.49. The molecule has 0 N–H and O–H groups in total. The van der Waals surface area contributed by atoms with Gasteiger partial charge in [0.1, 0.15) is 11.5 Å². The highest BCUT2D eigenvalue weighted by Crippen LogP contribution is 2.35. The molecule has 3 heteroatoms. The molecule has 0 aliphatic carbocycles. The molecule has 0 atom stereocenters. The second kappa shape index (κ2) is 6.04. The number of likely N-dealkylation sites (tertiary alicyclic amines) is 1. The van der Waals surface area contributed by atoms with E-state index in [2.05, 4.69) is 31.7 Å². The average Bonchev–Trinajstić information content (AvgIpc) is 2.41. The minimum Gasteiger partial charge on any atom is -0.496 e. The minimum atomic E-state index is 0.275. The Hall–Kier alpha value is -1.22. The Kier molecular flexibility index (Phi) is 4.59. The van der Waals surface area contributed by atoms with Gasteiger partial charge >= 0.3 is 0 Å². The standard InChI is InChI=1S/C17H27NO2/c1-13-15(19-4)9-8-14(16(13)20-5)12-18-11-7-6-10-17(18,2)3/h8-9H,6-7,10-12H2,1-5H3. The molecule has 3 nitrogen and oxygen atoms in total. The lowest BCUT2D eigenvalue weighted by Gasteiger charge is -2.42. The van der Waals surface area contributed by atoms with E-state index in [1.165, 1.54) is 31.4 Å². The van der Waals surface area contributed by atoms with Crippen molar-refractivity contribution in [2.75, 3.05) is 20.8 Å². The predicted molar refractivity (Wildman–Crippen MR) is 82.6 cm³/mol. The normalized spacial score (nSPS) is 18.9. The summed E-state index contributed by atoms with van der Waals surface area (Å²) in [6, 6.07) is 4.18. The minimum absolute atomic E-state index is 0.275. The van der Waals surface area contributed by atoms with E-state index in [0.717, 1.165) is 23.6 Å². The van der Waals surface area contributed by atoms with E-state index < -0.39 is 0 Å². The van der Waals surface area contributed by atoms with Crippen LogP contribution in [0.4, 0.5) is 0 Å². The maximum absolute atomic E-state index is 5.62. The van der Waals surface area contributed by atoms with Crippen molar-refractivity contribution < 1.29 is 9.47 Å². The summed E-state index contributed by atoms with van der Waals surface area (Å²) >= 11 is 0.